The Morgan fingerprint density at radius 2 is 0.783 bits per heavy atom. The van der Waals surface area contributed by atoms with Crippen LogP contribution in [-0.4, -0.2) is 17.2 Å². The number of aromatic nitrogens is 2. The van der Waals surface area contributed by atoms with Crippen molar-refractivity contribution >= 4 is 72.4 Å². The van der Waals surface area contributed by atoms with Crippen LogP contribution in [-0.2, 0) is 7.05 Å². The van der Waals surface area contributed by atoms with E-state index in [0.717, 1.165) is 0 Å². The number of hydrogen-bond donors (Lipinski definition) is 0. The van der Waals surface area contributed by atoms with Gasteiger partial charge in [0.1, 0.15) is 0 Å². The third kappa shape index (κ3) is 3.82. The van der Waals surface area contributed by atoms with Crippen LogP contribution in [0.5, 0.6) is 0 Å². The van der Waals surface area contributed by atoms with E-state index in [0.29, 0.717) is 0 Å². The molecule has 2 heterocycles. The van der Waals surface area contributed by atoms with Crippen LogP contribution in [0.3, 0.4) is 0 Å². The normalized spacial score (nSPS) is 12.0. The van der Waals surface area contributed by atoms with E-state index in [1.807, 2.05) is 0 Å². The second-order valence-electron chi connectivity index (χ2n) is 12.2. The molecule has 7 aromatic carbocycles. The Balaban J connectivity index is 1.36. The first-order valence-electron chi connectivity index (χ1n) is 15.9. The summed E-state index contributed by atoms with van der Waals surface area (Å²) in [5.41, 5.74) is 6.12. The van der Waals surface area contributed by atoms with Gasteiger partial charge in [-0.15, -0.1) is 0 Å². The van der Waals surface area contributed by atoms with Gasteiger partial charge in [-0.2, -0.15) is 0 Å². The van der Waals surface area contributed by atoms with Crippen LogP contribution in [0.1, 0.15) is 0 Å². The molecule has 0 aliphatic carbocycles. The maximum atomic E-state index is 2.51. The summed E-state index contributed by atoms with van der Waals surface area (Å²) >= 11 is 0. The Morgan fingerprint density at radius 3 is 1.30 bits per heavy atom. The molecule has 0 saturated heterocycles. The van der Waals surface area contributed by atoms with E-state index in [9.17, 15) is 0 Å². The van der Waals surface area contributed by atoms with Crippen molar-refractivity contribution in [1.82, 2.24) is 9.13 Å². The summed E-state index contributed by atoms with van der Waals surface area (Å²) < 4.78 is 4.77. The highest BCUT2D eigenvalue weighted by molar-refractivity contribution is 7.20. The third-order valence-corrected chi connectivity index (χ3v) is 14.7. The Hall–Kier alpha value is -5.64. The summed E-state index contributed by atoms with van der Waals surface area (Å²) in [5, 5.41) is 10.7. The fourth-order valence-corrected chi connectivity index (χ4v) is 12.6. The standard InChI is InChI=1S/C43H32N2Si/c1-44-40-27-25-31(45-42-23-13-11-21-36(42)37-22-12-14-24-43(37)45)29-38(40)39-30-35(26-28-41(39)44)46(32-15-5-2-6-16-32,33-17-7-3-8-18-33)34-19-9-4-10-20-34/h2-30H,1H3. The number of hydrogen-bond acceptors (Lipinski definition) is 0. The van der Waals surface area contributed by atoms with Gasteiger partial charge in [-0.3, -0.25) is 0 Å². The van der Waals surface area contributed by atoms with Crippen molar-refractivity contribution in [2.24, 2.45) is 7.05 Å². The van der Waals surface area contributed by atoms with Gasteiger partial charge in [-0.25, -0.2) is 0 Å². The van der Waals surface area contributed by atoms with Crippen LogP contribution in [0.15, 0.2) is 176 Å². The van der Waals surface area contributed by atoms with Crippen LogP contribution >= 0.6 is 0 Å². The highest BCUT2D eigenvalue weighted by Crippen LogP contribution is 2.35. The topological polar surface area (TPSA) is 9.86 Å². The highest BCUT2D eigenvalue weighted by Gasteiger charge is 2.41. The van der Waals surface area contributed by atoms with E-state index in [1.54, 1.807) is 0 Å². The maximum Gasteiger partial charge on any atom is 0.179 e. The van der Waals surface area contributed by atoms with Crippen molar-refractivity contribution in [3.8, 4) is 5.69 Å². The molecule has 218 valence electrons. The summed E-state index contributed by atoms with van der Waals surface area (Å²) in [6.45, 7) is 0. The Morgan fingerprint density at radius 1 is 0.348 bits per heavy atom. The van der Waals surface area contributed by atoms with Gasteiger partial charge < -0.3 is 9.13 Å². The molecule has 0 radical (unpaired) electrons. The van der Waals surface area contributed by atoms with Crippen molar-refractivity contribution in [1.29, 1.82) is 0 Å². The van der Waals surface area contributed by atoms with Gasteiger partial charge in [-0.1, -0.05) is 140 Å². The lowest BCUT2D eigenvalue weighted by molar-refractivity contribution is 1.01. The fourth-order valence-electron chi connectivity index (χ4n) is 7.84. The Labute approximate surface area is 269 Å². The summed E-state index contributed by atoms with van der Waals surface area (Å²) in [6, 6.07) is 65.3. The predicted octanol–water partition coefficient (Wildman–Crippen LogP) is 7.81. The number of nitrogens with zero attached hydrogens (tertiary/aromatic N) is 2. The zero-order valence-corrected chi connectivity index (χ0v) is 26.6. The quantitative estimate of drug-likeness (QED) is 0.140. The van der Waals surface area contributed by atoms with Gasteiger partial charge in [0.15, 0.2) is 8.07 Å². The lowest BCUT2D eigenvalue weighted by atomic mass is 10.1. The zero-order valence-electron chi connectivity index (χ0n) is 25.6. The molecule has 0 N–H and O–H groups in total. The molecular weight excluding hydrogens is 573 g/mol. The van der Waals surface area contributed by atoms with E-state index in [1.165, 1.54) is 70.0 Å². The molecule has 2 aromatic heterocycles. The minimum absolute atomic E-state index is 1.18. The molecule has 3 heteroatoms. The molecule has 9 aromatic rings. The van der Waals surface area contributed by atoms with Crippen LogP contribution in [0.2, 0.25) is 0 Å². The van der Waals surface area contributed by atoms with E-state index >= 15 is 0 Å². The molecule has 0 atom stereocenters. The van der Waals surface area contributed by atoms with E-state index in [2.05, 4.69) is 192 Å². The minimum Gasteiger partial charge on any atom is -0.344 e. The molecule has 0 amide bonds. The number of aryl methyl sites for hydroxylation is 1. The van der Waals surface area contributed by atoms with Crippen LogP contribution in [0.25, 0.3) is 49.3 Å². The van der Waals surface area contributed by atoms with Gasteiger partial charge in [0.2, 0.25) is 0 Å². The largest absolute Gasteiger partial charge is 0.344 e. The molecule has 0 saturated carbocycles. The number of benzene rings is 7. The van der Waals surface area contributed by atoms with Crippen molar-refractivity contribution in [3.05, 3.63) is 176 Å². The predicted molar refractivity (Wildman–Crippen MR) is 198 cm³/mol. The Kier molecular flexibility index (Phi) is 6.09. The molecule has 0 fully saturated rings. The molecule has 0 bridgehead atoms. The molecule has 0 aliphatic rings. The zero-order chi connectivity index (χ0) is 30.7. The smallest absolute Gasteiger partial charge is 0.179 e. The van der Waals surface area contributed by atoms with Crippen molar-refractivity contribution < 1.29 is 0 Å². The lowest BCUT2D eigenvalue weighted by Gasteiger charge is -2.34. The number of rotatable bonds is 5. The molecule has 0 unspecified atom stereocenters. The van der Waals surface area contributed by atoms with Gasteiger partial charge in [-0.05, 0) is 57.1 Å². The maximum absolute atomic E-state index is 2.65. The molecule has 9 rings (SSSR count). The summed E-state index contributed by atoms with van der Waals surface area (Å²) in [7, 11) is -0.454. The van der Waals surface area contributed by atoms with Gasteiger partial charge in [0.25, 0.3) is 0 Å². The monoisotopic (exact) mass is 604 g/mol. The highest BCUT2D eigenvalue weighted by atomic mass is 28.3. The second kappa shape index (κ2) is 10.5. The summed E-state index contributed by atoms with van der Waals surface area (Å²) in [4.78, 5) is 0. The van der Waals surface area contributed by atoms with Crippen LogP contribution in [0, 0.1) is 0 Å². The third-order valence-electron chi connectivity index (χ3n) is 9.88. The summed E-state index contributed by atoms with van der Waals surface area (Å²) in [5.74, 6) is 0. The van der Waals surface area contributed by atoms with Crippen molar-refractivity contribution in [3.63, 3.8) is 0 Å². The second-order valence-corrected chi connectivity index (χ2v) is 16.0. The fraction of sp³-hybridized carbons (Fsp3) is 0.0233. The van der Waals surface area contributed by atoms with Crippen molar-refractivity contribution in [2.75, 3.05) is 0 Å². The minimum atomic E-state index is -2.65. The molecule has 2 nitrogen and oxygen atoms in total. The molecule has 46 heavy (non-hydrogen) atoms. The average Bonchev–Trinajstić information content (AvgIpc) is 3.61. The molecular formula is C43H32N2Si. The molecule has 0 aliphatic heterocycles. The van der Waals surface area contributed by atoms with Gasteiger partial charge in [0.05, 0.1) is 11.0 Å². The SMILES string of the molecule is Cn1c2ccc(-n3c4ccccc4c4ccccc43)cc2c2cc([Si](c3ccccc3)(c3ccccc3)c3ccccc3)ccc21. The van der Waals surface area contributed by atoms with Crippen LogP contribution in [0.4, 0.5) is 0 Å². The number of fused-ring (bicyclic) bond motifs is 6. The Bertz CT molecular complexity index is 2380. The van der Waals surface area contributed by atoms with E-state index in [4.69, 9.17) is 0 Å². The number of para-hydroxylation sites is 2. The van der Waals surface area contributed by atoms with E-state index < -0.39 is 8.07 Å². The summed E-state index contributed by atoms with van der Waals surface area (Å²) in [6.07, 6.45) is 0. The van der Waals surface area contributed by atoms with Crippen molar-refractivity contribution in [2.45, 2.75) is 0 Å². The van der Waals surface area contributed by atoms with E-state index in [-0.39, 0.29) is 0 Å². The van der Waals surface area contributed by atoms with Gasteiger partial charge in [0, 0.05) is 45.3 Å². The first-order valence-corrected chi connectivity index (χ1v) is 17.9. The molecule has 0 spiro atoms. The first kappa shape index (κ1) is 26.7. The van der Waals surface area contributed by atoms with Crippen LogP contribution < -0.4 is 20.7 Å². The first-order chi connectivity index (χ1) is 22.7. The lowest BCUT2D eigenvalue weighted by Crippen LogP contribution is -2.74. The average molecular weight is 605 g/mol. The van der Waals surface area contributed by atoms with Gasteiger partial charge >= 0.3 is 0 Å².